The van der Waals surface area contributed by atoms with E-state index in [0.29, 0.717) is 19.4 Å². The summed E-state index contributed by atoms with van der Waals surface area (Å²) in [6.45, 7) is 2.39. The summed E-state index contributed by atoms with van der Waals surface area (Å²) in [5.41, 5.74) is 1.30. The normalized spacial score (nSPS) is 21.8. The topological polar surface area (TPSA) is 86.7 Å². The smallest absolute Gasteiger partial charge is 0.305 e. The van der Waals surface area contributed by atoms with E-state index in [-0.39, 0.29) is 24.7 Å². The summed E-state index contributed by atoms with van der Waals surface area (Å²) in [7, 11) is 0. The van der Waals surface area contributed by atoms with Crippen LogP contribution in [-0.4, -0.2) is 35.0 Å². The average Bonchev–Trinajstić information content (AvgIpc) is 3.21. The van der Waals surface area contributed by atoms with E-state index < -0.39 is 17.4 Å². The van der Waals surface area contributed by atoms with E-state index in [1.54, 1.807) is 4.90 Å². The Kier molecular flexibility index (Phi) is 5.30. The van der Waals surface area contributed by atoms with Gasteiger partial charge in [-0.2, -0.15) is 0 Å². The summed E-state index contributed by atoms with van der Waals surface area (Å²) in [6.07, 6.45) is 4.16. The van der Waals surface area contributed by atoms with E-state index in [4.69, 9.17) is 0 Å². The quantitative estimate of drug-likeness (QED) is 0.818. The maximum atomic E-state index is 12.8. The number of nitrogens with one attached hydrogen (secondary N) is 1. The lowest BCUT2D eigenvalue weighted by Gasteiger charge is -2.30. The van der Waals surface area contributed by atoms with Gasteiger partial charge in [-0.05, 0) is 30.9 Å². The fraction of sp³-hybridized carbons (Fsp3) is 0.550. The molecular formula is C20H26N2O4. The highest BCUT2D eigenvalue weighted by molar-refractivity contribution is 6.01. The number of carbonyl (C=O) groups excluding carboxylic acids is 2. The largest absolute Gasteiger partial charge is 0.481 e. The van der Waals surface area contributed by atoms with Crippen molar-refractivity contribution in [3.63, 3.8) is 0 Å². The molecule has 1 atom stereocenters. The first-order valence-corrected chi connectivity index (χ1v) is 9.36. The molecule has 0 aromatic heterocycles. The Balaban J connectivity index is 1.72. The second-order valence-corrected chi connectivity index (χ2v) is 7.43. The third-order valence-corrected chi connectivity index (χ3v) is 5.60. The van der Waals surface area contributed by atoms with Gasteiger partial charge in [-0.3, -0.25) is 14.4 Å². The summed E-state index contributed by atoms with van der Waals surface area (Å²) in [6, 6.07) is 7.76. The van der Waals surface area contributed by atoms with Gasteiger partial charge in [0.1, 0.15) is 0 Å². The molecule has 2 fully saturated rings. The van der Waals surface area contributed by atoms with E-state index >= 15 is 0 Å². The van der Waals surface area contributed by atoms with Crippen LogP contribution >= 0.6 is 0 Å². The van der Waals surface area contributed by atoms with E-state index in [1.165, 1.54) is 0 Å². The predicted octanol–water partition coefficient (Wildman–Crippen LogP) is 2.51. The van der Waals surface area contributed by atoms with Crippen molar-refractivity contribution in [3.05, 3.63) is 29.8 Å². The van der Waals surface area contributed by atoms with Crippen LogP contribution in [0.2, 0.25) is 0 Å². The van der Waals surface area contributed by atoms with Gasteiger partial charge in [-0.25, -0.2) is 0 Å². The van der Waals surface area contributed by atoms with Crippen LogP contribution in [0.15, 0.2) is 24.3 Å². The third-order valence-electron chi connectivity index (χ3n) is 5.60. The van der Waals surface area contributed by atoms with Crippen LogP contribution in [0.3, 0.4) is 0 Å². The zero-order chi connectivity index (χ0) is 18.7. The molecule has 1 aromatic rings. The van der Waals surface area contributed by atoms with Gasteiger partial charge in [0.25, 0.3) is 0 Å². The zero-order valence-electron chi connectivity index (χ0n) is 15.2. The molecule has 6 nitrogen and oxygen atoms in total. The number of nitrogens with zero attached hydrogens (tertiary/aromatic N) is 1. The van der Waals surface area contributed by atoms with Crippen LogP contribution in [-0.2, 0) is 20.8 Å². The van der Waals surface area contributed by atoms with E-state index in [0.717, 1.165) is 30.5 Å². The molecule has 1 aromatic carbocycles. The molecule has 0 spiro atoms. The second-order valence-electron chi connectivity index (χ2n) is 7.43. The molecule has 1 heterocycles. The van der Waals surface area contributed by atoms with Gasteiger partial charge in [0, 0.05) is 18.7 Å². The standard InChI is InChI=1S/C20H26N2O4/c1-2-14-7-3-4-8-16(14)22-13-15(11-17(22)23)19(26)21-20(12-18(24)25)9-5-6-10-20/h3-4,7-8,15H,2,5-6,9-13H2,1H3,(H,21,26)(H,24,25). The molecule has 1 unspecified atom stereocenters. The van der Waals surface area contributed by atoms with Crippen molar-refractivity contribution in [1.29, 1.82) is 0 Å². The van der Waals surface area contributed by atoms with E-state index in [2.05, 4.69) is 5.32 Å². The molecule has 2 amide bonds. The van der Waals surface area contributed by atoms with E-state index in [9.17, 15) is 19.5 Å². The molecule has 2 aliphatic rings. The van der Waals surface area contributed by atoms with Gasteiger partial charge in [0.05, 0.1) is 17.9 Å². The van der Waals surface area contributed by atoms with Crippen molar-refractivity contribution in [2.75, 3.05) is 11.4 Å². The lowest BCUT2D eigenvalue weighted by atomic mass is 9.92. The van der Waals surface area contributed by atoms with Crippen molar-refractivity contribution in [2.24, 2.45) is 5.92 Å². The molecule has 1 aliphatic carbocycles. The number of aliphatic carboxylic acids is 1. The van der Waals surface area contributed by atoms with Crippen molar-refractivity contribution in [3.8, 4) is 0 Å². The van der Waals surface area contributed by atoms with Gasteiger partial charge in [-0.15, -0.1) is 0 Å². The molecule has 140 valence electrons. The summed E-state index contributed by atoms with van der Waals surface area (Å²) < 4.78 is 0. The Bertz CT molecular complexity index is 710. The third kappa shape index (κ3) is 3.74. The van der Waals surface area contributed by atoms with Crippen molar-refractivity contribution >= 4 is 23.5 Å². The summed E-state index contributed by atoms with van der Waals surface area (Å²) in [4.78, 5) is 38.2. The van der Waals surface area contributed by atoms with Gasteiger partial charge in [0.2, 0.25) is 11.8 Å². The lowest BCUT2D eigenvalue weighted by Crippen LogP contribution is -2.50. The first kappa shape index (κ1) is 18.4. The number of aryl methyl sites for hydroxylation is 1. The maximum Gasteiger partial charge on any atom is 0.305 e. The Hall–Kier alpha value is -2.37. The molecule has 0 bridgehead atoms. The van der Waals surface area contributed by atoms with Gasteiger partial charge in [-0.1, -0.05) is 38.0 Å². The molecule has 1 saturated carbocycles. The van der Waals surface area contributed by atoms with Crippen molar-refractivity contribution in [1.82, 2.24) is 5.32 Å². The highest BCUT2D eigenvalue weighted by atomic mass is 16.4. The van der Waals surface area contributed by atoms with Crippen LogP contribution in [0.25, 0.3) is 0 Å². The van der Waals surface area contributed by atoms with Crippen LogP contribution in [0.1, 0.15) is 51.0 Å². The molecule has 3 rings (SSSR count). The first-order valence-electron chi connectivity index (χ1n) is 9.36. The molecule has 26 heavy (non-hydrogen) atoms. The number of benzene rings is 1. The lowest BCUT2D eigenvalue weighted by molar-refractivity contribution is -0.139. The fourth-order valence-corrected chi connectivity index (χ4v) is 4.24. The number of carboxylic acid groups (broad SMARTS) is 1. The molecular weight excluding hydrogens is 332 g/mol. The average molecular weight is 358 g/mol. The molecule has 6 heteroatoms. The van der Waals surface area contributed by atoms with Crippen molar-refractivity contribution in [2.45, 2.75) is 57.4 Å². The summed E-state index contributed by atoms with van der Waals surface area (Å²) in [5, 5.41) is 12.2. The Morgan fingerprint density at radius 2 is 1.96 bits per heavy atom. The minimum Gasteiger partial charge on any atom is -0.481 e. The molecule has 0 radical (unpaired) electrons. The number of carbonyl (C=O) groups is 3. The van der Waals surface area contributed by atoms with Crippen LogP contribution in [0, 0.1) is 5.92 Å². The van der Waals surface area contributed by atoms with Crippen LogP contribution in [0.5, 0.6) is 0 Å². The first-order chi connectivity index (χ1) is 12.4. The van der Waals surface area contributed by atoms with Crippen LogP contribution < -0.4 is 10.2 Å². The minimum atomic E-state index is -0.895. The van der Waals surface area contributed by atoms with Gasteiger partial charge >= 0.3 is 5.97 Å². The number of amides is 2. The summed E-state index contributed by atoms with van der Waals surface area (Å²) >= 11 is 0. The number of hydrogen-bond donors (Lipinski definition) is 2. The van der Waals surface area contributed by atoms with E-state index in [1.807, 2.05) is 31.2 Å². The Morgan fingerprint density at radius 1 is 1.27 bits per heavy atom. The van der Waals surface area contributed by atoms with Gasteiger partial charge < -0.3 is 15.3 Å². The highest BCUT2D eigenvalue weighted by Gasteiger charge is 2.42. The number of rotatable bonds is 6. The van der Waals surface area contributed by atoms with Crippen molar-refractivity contribution < 1.29 is 19.5 Å². The molecule has 1 saturated heterocycles. The fourth-order valence-electron chi connectivity index (χ4n) is 4.24. The molecule has 2 N–H and O–H groups in total. The monoisotopic (exact) mass is 358 g/mol. The van der Waals surface area contributed by atoms with Gasteiger partial charge in [0.15, 0.2) is 0 Å². The Morgan fingerprint density at radius 3 is 2.62 bits per heavy atom. The Labute approximate surface area is 153 Å². The highest BCUT2D eigenvalue weighted by Crippen LogP contribution is 2.34. The minimum absolute atomic E-state index is 0.0512. The number of para-hydroxylation sites is 1. The van der Waals surface area contributed by atoms with Crippen LogP contribution in [0.4, 0.5) is 5.69 Å². The predicted molar refractivity (Wildman–Crippen MR) is 97.9 cm³/mol. The summed E-state index contributed by atoms with van der Waals surface area (Å²) in [5.74, 6) is -1.57. The number of anilines is 1. The number of carboxylic acids is 1. The SMILES string of the molecule is CCc1ccccc1N1CC(C(=O)NC2(CC(=O)O)CCCC2)CC1=O. The second kappa shape index (κ2) is 7.48. The maximum absolute atomic E-state index is 12.8. The molecule has 1 aliphatic heterocycles. The number of hydrogen-bond acceptors (Lipinski definition) is 3. The zero-order valence-corrected chi connectivity index (χ0v) is 15.2.